The van der Waals surface area contributed by atoms with Crippen molar-refractivity contribution in [1.29, 1.82) is 0 Å². The Kier molecular flexibility index (Phi) is 4.15. The van der Waals surface area contributed by atoms with E-state index >= 15 is 0 Å². The number of H-pyrrole nitrogens is 1. The summed E-state index contributed by atoms with van der Waals surface area (Å²) in [6, 6.07) is 8.69. The number of morpholine rings is 1. The normalized spacial score (nSPS) is 18.8. The molecule has 1 fully saturated rings. The van der Waals surface area contributed by atoms with Crippen LogP contribution in [0.15, 0.2) is 42.9 Å². The third kappa shape index (κ3) is 2.98. The third-order valence-electron chi connectivity index (χ3n) is 4.44. The van der Waals surface area contributed by atoms with E-state index in [0.717, 1.165) is 31.1 Å². The van der Waals surface area contributed by atoms with E-state index in [9.17, 15) is 0 Å². The second-order valence-corrected chi connectivity index (χ2v) is 6.03. The van der Waals surface area contributed by atoms with Gasteiger partial charge in [0, 0.05) is 50.8 Å². The smallest absolute Gasteiger partial charge is 0.150 e. The maximum atomic E-state index is 5.94. The number of nitrogens with zero attached hydrogens (tertiary/aromatic N) is 3. The Morgan fingerprint density at radius 2 is 2.21 bits per heavy atom. The number of anilines is 1. The SMILES string of the molecule is CNc1nccnc1C1CN(Cc2ccc3[nH]ccc3c2)CCO1. The van der Waals surface area contributed by atoms with Crippen LogP contribution in [0.2, 0.25) is 0 Å². The third-order valence-corrected chi connectivity index (χ3v) is 4.44. The monoisotopic (exact) mass is 323 g/mol. The standard InChI is InChI=1S/C18H21N5O/c1-19-18-17(21-6-7-22-18)16-12-23(8-9-24-16)11-13-2-3-15-14(10-13)4-5-20-15/h2-7,10,16,20H,8-9,11-12H2,1H3,(H,19,22). The molecule has 0 spiro atoms. The predicted molar refractivity (Wildman–Crippen MR) is 93.8 cm³/mol. The van der Waals surface area contributed by atoms with Gasteiger partial charge in [0.15, 0.2) is 0 Å². The first-order valence-corrected chi connectivity index (χ1v) is 8.22. The first kappa shape index (κ1) is 15.1. The number of hydrogen-bond acceptors (Lipinski definition) is 5. The van der Waals surface area contributed by atoms with Crippen LogP contribution in [-0.4, -0.2) is 46.6 Å². The molecule has 6 heteroatoms. The Bertz CT molecular complexity index is 831. The van der Waals surface area contributed by atoms with E-state index in [-0.39, 0.29) is 6.10 Å². The van der Waals surface area contributed by atoms with Gasteiger partial charge in [0.1, 0.15) is 17.6 Å². The topological polar surface area (TPSA) is 66.1 Å². The van der Waals surface area contributed by atoms with E-state index in [2.05, 4.69) is 49.4 Å². The van der Waals surface area contributed by atoms with Gasteiger partial charge in [0.05, 0.1) is 6.61 Å². The molecule has 24 heavy (non-hydrogen) atoms. The molecule has 3 heterocycles. The van der Waals surface area contributed by atoms with Crippen molar-refractivity contribution >= 4 is 16.7 Å². The Hall–Kier alpha value is -2.44. The summed E-state index contributed by atoms with van der Waals surface area (Å²) in [5.74, 6) is 0.790. The second kappa shape index (κ2) is 6.59. The van der Waals surface area contributed by atoms with Gasteiger partial charge in [0.25, 0.3) is 0 Å². The van der Waals surface area contributed by atoms with Crippen molar-refractivity contribution in [2.45, 2.75) is 12.6 Å². The van der Waals surface area contributed by atoms with Crippen molar-refractivity contribution in [2.75, 3.05) is 32.1 Å². The van der Waals surface area contributed by atoms with Crippen LogP contribution in [0.25, 0.3) is 10.9 Å². The first-order valence-electron chi connectivity index (χ1n) is 8.22. The fraction of sp³-hybridized carbons (Fsp3) is 0.333. The Labute approximate surface area is 140 Å². The highest BCUT2D eigenvalue weighted by atomic mass is 16.5. The summed E-state index contributed by atoms with van der Waals surface area (Å²) in [5.41, 5.74) is 3.37. The number of aromatic amines is 1. The number of aromatic nitrogens is 3. The maximum absolute atomic E-state index is 5.94. The number of fused-ring (bicyclic) bond motifs is 1. The minimum Gasteiger partial charge on any atom is -0.372 e. The zero-order chi connectivity index (χ0) is 16.4. The lowest BCUT2D eigenvalue weighted by molar-refractivity contribution is -0.0347. The number of nitrogens with one attached hydrogen (secondary N) is 2. The van der Waals surface area contributed by atoms with Crippen molar-refractivity contribution in [2.24, 2.45) is 0 Å². The second-order valence-electron chi connectivity index (χ2n) is 6.03. The molecule has 4 rings (SSSR count). The molecule has 2 aromatic heterocycles. The van der Waals surface area contributed by atoms with E-state index in [1.54, 1.807) is 12.4 Å². The van der Waals surface area contributed by atoms with E-state index < -0.39 is 0 Å². The summed E-state index contributed by atoms with van der Waals surface area (Å²) >= 11 is 0. The van der Waals surface area contributed by atoms with E-state index in [1.807, 2.05) is 13.2 Å². The van der Waals surface area contributed by atoms with Crippen molar-refractivity contribution in [3.8, 4) is 0 Å². The Morgan fingerprint density at radius 1 is 1.29 bits per heavy atom. The van der Waals surface area contributed by atoms with E-state index in [4.69, 9.17) is 4.74 Å². The van der Waals surface area contributed by atoms with E-state index in [0.29, 0.717) is 6.61 Å². The van der Waals surface area contributed by atoms with Gasteiger partial charge in [-0.05, 0) is 29.1 Å². The average Bonchev–Trinajstić information content (AvgIpc) is 3.10. The van der Waals surface area contributed by atoms with Crippen LogP contribution in [0.4, 0.5) is 5.82 Å². The maximum Gasteiger partial charge on any atom is 0.150 e. The fourth-order valence-electron chi connectivity index (χ4n) is 3.25. The number of ether oxygens (including phenoxy) is 1. The van der Waals surface area contributed by atoms with Gasteiger partial charge < -0.3 is 15.0 Å². The molecule has 3 aromatic rings. The first-order chi connectivity index (χ1) is 11.8. The summed E-state index contributed by atoms with van der Waals surface area (Å²) < 4.78 is 5.94. The quantitative estimate of drug-likeness (QED) is 0.772. The molecular weight excluding hydrogens is 302 g/mol. The molecule has 6 nitrogen and oxygen atoms in total. The largest absolute Gasteiger partial charge is 0.372 e. The molecule has 0 amide bonds. The molecule has 1 unspecified atom stereocenters. The van der Waals surface area contributed by atoms with Gasteiger partial charge in [-0.25, -0.2) is 4.98 Å². The van der Waals surface area contributed by atoms with Crippen molar-refractivity contribution < 1.29 is 4.74 Å². The molecule has 0 saturated carbocycles. The molecule has 1 aromatic carbocycles. The van der Waals surface area contributed by atoms with Gasteiger partial charge in [-0.1, -0.05) is 6.07 Å². The summed E-state index contributed by atoms with van der Waals surface area (Å²) in [7, 11) is 1.86. The summed E-state index contributed by atoms with van der Waals surface area (Å²) in [4.78, 5) is 14.5. The van der Waals surface area contributed by atoms with Crippen LogP contribution < -0.4 is 5.32 Å². The van der Waals surface area contributed by atoms with Crippen molar-refractivity contribution in [3.63, 3.8) is 0 Å². The minimum absolute atomic E-state index is 0.0501. The summed E-state index contributed by atoms with van der Waals surface area (Å²) in [6.45, 7) is 3.36. The van der Waals surface area contributed by atoms with Crippen LogP contribution in [0, 0.1) is 0 Å². The molecule has 0 aliphatic carbocycles. The number of hydrogen-bond donors (Lipinski definition) is 2. The van der Waals surface area contributed by atoms with Crippen LogP contribution >= 0.6 is 0 Å². The highest BCUT2D eigenvalue weighted by Crippen LogP contribution is 2.26. The minimum atomic E-state index is -0.0501. The molecule has 0 bridgehead atoms. The Morgan fingerprint density at radius 3 is 3.12 bits per heavy atom. The molecule has 1 aliphatic heterocycles. The lowest BCUT2D eigenvalue weighted by Crippen LogP contribution is -2.38. The van der Waals surface area contributed by atoms with Crippen LogP contribution in [0.1, 0.15) is 17.4 Å². The Balaban J connectivity index is 1.50. The van der Waals surface area contributed by atoms with Crippen molar-refractivity contribution in [3.05, 3.63) is 54.1 Å². The van der Waals surface area contributed by atoms with E-state index in [1.165, 1.54) is 16.5 Å². The highest BCUT2D eigenvalue weighted by molar-refractivity contribution is 5.79. The average molecular weight is 323 g/mol. The summed E-state index contributed by atoms with van der Waals surface area (Å²) in [5, 5.41) is 4.35. The van der Waals surface area contributed by atoms with Crippen LogP contribution in [0.3, 0.4) is 0 Å². The molecule has 1 saturated heterocycles. The van der Waals surface area contributed by atoms with Gasteiger partial charge in [-0.3, -0.25) is 9.88 Å². The fourth-order valence-corrected chi connectivity index (χ4v) is 3.25. The lowest BCUT2D eigenvalue weighted by Gasteiger charge is -2.33. The van der Waals surface area contributed by atoms with Gasteiger partial charge >= 0.3 is 0 Å². The number of rotatable bonds is 4. The zero-order valence-corrected chi connectivity index (χ0v) is 13.7. The lowest BCUT2D eigenvalue weighted by atomic mass is 10.1. The van der Waals surface area contributed by atoms with Gasteiger partial charge in [0.2, 0.25) is 0 Å². The van der Waals surface area contributed by atoms with Crippen LogP contribution in [-0.2, 0) is 11.3 Å². The zero-order valence-electron chi connectivity index (χ0n) is 13.7. The molecule has 0 radical (unpaired) electrons. The van der Waals surface area contributed by atoms with Gasteiger partial charge in [-0.2, -0.15) is 0 Å². The highest BCUT2D eigenvalue weighted by Gasteiger charge is 2.25. The van der Waals surface area contributed by atoms with Crippen molar-refractivity contribution in [1.82, 2.24) is 19.9 Å². The number of benzene rings is 1. The molecule has 2 N–H and O–H groups in total. The van der Waals surface area contributed by atoms with Crippen LogP contribution in [0.5, 0.6) is 0 Å². The predicted octanol–water partition coefficient (Wildman–Crippen LogP) is 2.57. The molecule has 1 aliphatic rings. The molecule has 124 valence electrons. The molecule has 1 atom stereocenters. The van der Waals surface area contributed by atoms with Gasteiger partial charge in [-0.15, -0.1) is 0 Å². The molecular formula is C18H21N5O. The summed E-state index contributed by atoms with van der Waals surface area (Å²) in [6.07, 6.45) is 5.35.